The van der Waals surface area contributed by atoms with E-state index >= 15 is 0 Å². The van der Waals surface area contributed by atoms with Gasteiger partial charge < -0.3 is 4.74 Å². The molecule has 1 atom stereocenters. The van der Waals surface area contributed by atoms with E-state index in [1.165, 1.54) is 11.1 Å². The highest BCUT2D eigenvalue weighted by Gasteiger charge is 2.18. The van der Waals surface area contributed by atoms with Gasteiger partial charge in [-0.25, -0.2) is 0 Å². The van der Waals surface area contributed by atoms with Crippen molar-refractivity contribution >= 4 is 11.6 Å². The van der Waals surface area contributed by atoms with Gasteiger partial charge in [0.05, 0.1) is 6.61 Å². The summed E-state index contributed by atoms with van der Waals surface area (Å²) in [4.78, 5) is 0. The molecule has 0 saturated carbocycles. The molecule has 0 amide bonds. The van der Waals surface area contributed by atoms with Crippen molar-refractivity contribution in [1.29, 1.82) is 0 Å². The average Bonchev–Trinajstić information content (AvgIpc) is 2.37. The van der Waals surface area contributed by atoms with Crippen molar-refractivity contribution in [2.45, 2.75) is 52.9 Å². The van der Waals surface area contributed by atoms with Crippen LogP contribution >= 0.6 is 11.6 Å². The van der Waals surface area contributed by atoms with Crippen LogP contribution in [0.2, 0.25) is 5.02 Å². The normalized spacial score (nSPS) is 11.9. The van der Waals surface area contributed by atoms with Crippen molar-refractivity contribution in [2.24, 2.45) is 0 Å². The Kier molecular flexibility index (Phi) is 6.25. The second-order valence-corrected chi connectivity index (χ2v) is 5.47. The molecule has 104 valence electrons. The van der Waals surface area contributed by atoms with Gasteiger partial charge in [-0.15, -0.1) is 11.8 Å². The van der Waals surface area contributed by atoms with Gasteiger partial charge >= 0.3 is 0 Å². The van der Waals surface area contributed by atoms with Gasteiger partial charge in [0.25, 0.3) is 0 Å². The second-order valence-electron chi connectivity index (χ2n) is 5.03. The minimum atomic E-state index is 0.324. The number of ether oxygens (including phenoxy) is 1. The third-order valence-corrected chi connectivity index (χ3v) is 3.36. The summed E-state index contributed by atoms with van der Waals surface area (Å²) in [5, 5.41) is 0.776. The minimum Gasteiger partial charge on any atom is -0.493 e. The molecule has 1 nitrogen and oxygen atoms in total. The molecule has 0 aromatic heterocycles. The molecule has 1 aromatic carbocycles. The summed E-state index contributed by atoms with van der Waals surface area (Å²) in [5.41, 5.74) is 2.35. The molecule has 1 unspecified atom stereocenters. The van der Waals surface area contributed by atoms with Crippen molar-refractivity contribution in [3.63, 3.8) is 0 Å². The zero-order valence-electron chi connectivity index (χ0n) is 12.5. The van der Waals surface area contributed by atoms with Gasteiger partial charge in [-0.1, -0.05) is 32.4 Å². The monoisotopic (exact) mass is 278 g/mol. The van der Waals surface area contributed by atoms with Crippen molar-refractivity contribution in [2.75, 3.05) is 6.61 Å². The highest BCUT2D eigenvalue weighted by Crippen LogP contribution is 2.38. The average molecular weight is 279 g/mol. The van der Waals surface area contributed by atoms with Gasteiger partial charge in [-0.2, -0.15) is 0 Å². The van der Waals surface area contributed by atoms with Crippen LogP contribution in [0.4, 0.5) is 0 Å². The molecule has 0 saturated heterocycles. The van der Waals surface area contributed by atoms with Crippen LogP contribution in [0.5, 0.6) is 5.75 Å². The lowest BCUT2D eigenvalue weighted by Crippen LogP contribution is -2.05. The van der Waals surface area contributed by atoms with E-state index in [4.69, 9.17) is 16.3 Å². The van der Waals surface area contributed by atoms with Gasteiger partial charge in [0.2, 0.25) is 0 Å². The first kappa shape index (κ1) is 15.9. The molecule has 2 heteroatoms. The van der Waals surface area contributed by atoms with Gasteiger partial charge in [0, 0.05) is 11.4 Å². The lowest BCUT2D eigenvalue weighted by Gasteiger charge is -2.21. The fraction of sp³-hybridized carbons (Fsp3) is 0.529. The Morgan fingerprint density at radius 1 is 1.21 bits per heavy atom. The van der Waals surface area contributed by atoms with Crippen molar-refractivity contribution in [3.8, 4) is 17.6 Å². The Morgan fingerprint density at radius 2 is 1.84 bits per heavy atom. The lowest BCUT2D eigenvalue weighted by molar-refractivity contribution is 0.329. The predicted octanol–water partition coefficient (Wildman–Crippen LogP) is 5.38. The summed E-state index contributed by atoms with van der Waals surface area (Å²) in [7, 11) is 0. The number of benzene rings is 1. The second kappa shape index (κ2) is 7.46. The van der Waals surface area contributed by atoms with Crippen molar-refractivity contribution in [3.05, 3.63) is 28.3 Å². The molecule has 1 rings (SSSR count). The largest absolute Gasteiger partial charge is 0.493 e. The van der Waals surface area contributed by atoms with Gasteiger partial charge in [-0.05, 0) is 48.9 Å². The summed E-state index contributed by atoms with van der Waals surface area (Å²) in [6.45, 7) is 11.0. The van der Waals surface area contributed by atoms with Crippen LogP contribution in [0.25, 0.3) is 0 Å². The lowest BCUT2D eigenvalue weighted by atomic mass is 9.91. The van der Waals surface area contributed by atoms with E-state index in [0.29, 0.717) is 18.4 Å². The summed E-state index contributed by atoms with van der Waals surface area (Å²) < 4.78 is 5.88. The zero-order chi connectivity index (χ0) is 14.4. The smallest absolute Gasteiger partial charge is 0.126 e. The maximum atomic E-state index is 6.25. The van der Waals surface area contributed by atoms with Crippen LogP contribution in [0.3, 0.4) is 0 Å². The Hall–Kier alpha value is -1.13. The zero-order valence-corrected chi connectivity index (χ0v) is 13.3. The van der Waals surface area contributed by atoms with Gasteiger partial charge in [-0.3, -0.25) is 0 Å². The standard InChI is InChI=1S/C17H23ClO/c1-6-8-9-13(5)16-11-14(18)10-15(12(3)4)17(16)19-7-2/h10-13H,7,9H2,1-5H3. The molecule has 0 fully saturated rings. The highest BCUT2D eigenvalue weighted by atomic mass is 35.5. The molecule has 0 heterocycles. The van der Waals surface area contributed by atoms with Crippen molar-refractivity contribution in [1.82, 2.24) is 0 Å². The van der Waals surface area contributed by atoms with E-state index in [9.17, 15) is 0 Å². The first-order valence-electron chi connectivity index (χ1n) is 6.86. The van der Waals surface area contributed by atoms with Crippen LogP contribution < -0.4 is 4.74 Å². The molecule has 0 aliphatic heterocycles. The summed E-state index contributed by atoms with van der Waals surface area (Å²) in [6, 6.07) is 4.03. The molecule has 0 N–H and O–H groups in total. The molecule has 0 aliphatic rings. The van der Waals surface area contributed by atoms with Crippen molar-refractivity contribution < 1.29 is 4.74 Å². The Morgan fingerprint density at radius 3 is 2.37 bits per heavy atom. The van der Waals surface area contributed by atoms with E-state index in [1.54, 1.807) is 0 Å². The van der Waals surface area contributed by atoms with Crippen LogP contribution in [-0.4, -0.2) is 6.61 Å². The topological polar surface area (TPSA) is 9.23 Å². The first-order valence-corrected chi connectivity index (χ1v) is 7.24. The molecular formula is C17H23ClO. The fourth-order valence-electron chi connectivity index (χ4n) is 2.11. The molecule has 1 aromatic rings. The van der Waals surface area contributed by atoms with Crippen LogP contribution in [0.1, 0.15) is 64.0 Å². The SMILES string of the molecule is CC#CCC(C)c1cc(Cl)cc(C(C)C)c1OCC. The quantitative estimate of drug-likeness (QED) is 0.657. The van der Waals surface area contributed by atoms with Crippen LogP contribution in [-0.2, 0) is 0 Å². The van der Waals surface area contributed by atoms with Crippen LogP contribution in [0, 0.1) is 11.8 Å². The van der Waals surface area contributed by atoms with Gasteiger partial charge in [0.15, 0.2) is 0 Å². The molecule has 0 spiro atoms. The Bertz CT molecular complexity index is 480. The number of halogens is 1. The van der Waals surface area contributed by atoms with E-state index in [2.05, 4.69) is 32.6 Å². The number of hydrogen-bond acceptors (Lipinski definition) is 1. The molecular weight excluding hydrogens is 256 g/mol. The number of rotatable bonds is 5. The highest BCUT2D eigenvalue weighted by molar-refractivity contribution is 6.30. The summed E-state index contributed by atoms with van der Waals surface area (Å²) >= 11 is 6.25. The van der Waals surface area contributed by atoms with E-state index in [1.807, 2.05) is 26.0 Å². The predicted molar refractivity (Wildman–Crippen MR) is 83.2 cm³/mol. The Balaban J connectivity index is 3.29. The summed E-state index contributed by atoms with van der Waals surface area (Å²) in [6.07, 6.45) is 0.828. The minimum absolute atomic E-state index is 0.324. The first-order chi connectivity index (χ1) is 9.01. The maximum absolute atomic E-state index is 6.25. The molecule has 19 heavy (non-hydrogen) atoms. The maximum Gasteiger partial charge on any atom is 0.126 e. The van der Waals surface area contributed by atoms with Crippen LogP contribution in [0.15, 0.2) is 12.1 Å². The van der Waals surface area contributed by atoms with E-state index in [0.717, 1.165) is 17.2 Å². The van der Waals surface area contributed by atoms with E-state index in [-0.39, 0.29) is 0 Å². The Labute approximate surface area is 122 Å². The third-order valence-electron chi connectivity index (χ3n) is 3.14. The molecule has 0 aliphatic carbocycles. The fourth-order valence-corrected chi connectivity index (χ4v) is 2.34. The third kappa shape index (κ3) is 4.18. The van der Waals surface area contributed by atoms with E-state index < -0.39 is 0 Å². The molecule has 0 bridgehead atoms. The molecule has 0 radical (unpaired) electrons. The van der Waals surface area contributed by atoms with Gasteiger partial charge in [0.1, 0.15) is 5.75 Å². The summed E-state index contributed by atoms with van der Waals surface area (Å²) in [5.74, 6) is 7.79. The number of hydrogen-bond donors (Lipinski definition) is 0.